The van der Waals surface area contributed by atoms with Gasteiger partial charge in [-0.1, -0.05) is 29.8 Å². The van der Waals surface area contributed by atoms with Gasteiger partial charge in [-0.25, -0.2) is 9.78 Å². The van der Waals surface area contributed by atoms with E-state index in [0.717, 1.165) is 21.0 Å². The van der Waals surface area contributed by atoms with Gasteiger partial charge in [-0.2, -0.15) is 0 Å². The van der Waals surface area contributed by atoms with E-state index < -0.39 is 6.10 Å². The molecule has 0 saturated heterocycles. The fourth-order valence-corrected chi connectivity index (χ4v) is 3.15. The van der Waals surface area contributed by atoms with Gasteiger partial charge < -0.3 is 15.3 Å². The number of aliphatic hydroxyl groups excluding tert-OH is 1. The summed E-state index contributed by atoms with van der Waals surface area (Å²) in [5.41, 5.74) is 1.96. The topological polar surface area (TPSA) is 65.5 Å². The fourth-order valence-electron chi connectivity index (χ4n) is 2.37. The third-order valence-electron chi connectivity index (χ3n) is 3.87. The lowest BCUT2D eigenvalue weighted by atomic mass is 10.1. The first-order valence-corrected chi connectivity index (χ1v) is 8.94. The van der Waals surface area contributed by atoms with E-state index in [1.807, 2.05) is 52.0 Å². The van der Waals surface area contributed by atoms with Crippen LogP contribution in [0.2, 0.25) is 0 Å². The molecule has 0 radical (unpaired) electrons. The second-order valence-corrected chi connectivity index (χ2v) is 7.21. The number of thiazole rings is 1. The number of aromatic nitrogens is 1. The largest absolute Gasteiger partial charge is 0.387 e. The van der Waals surface area contributed by atoms with Crippen molar-refractivity contribution in [2.75, 3.05) is 13.1 Å². The summed E-state index contributed by atoms with van der Waals surface area (Å²) in [5, 5.41) is 14.2. The van der Waals surface area contributed by atoms with E-state index in [2.05, 4.69) is 10.3 Å². The minimum atomic E-state index is -0.700. The Hall–Kier alpha value is -1.92. The molecule has 2 N–H and O–H groups in total. The van der Waals surface area contributed by atoms with Gasteiger partial charge in [-0.3, -0.25) is 0 Å². The minimum absolute atomic E-state index is 0.151. The maximum absolute atomic E-state index is 12.5. The molecule has 0 aliphatic rings. The van der Waals surface area contributed by atoms with Crippen LogP contribution in [0.25, 0.3) is 0 Å². The normalized spacial score (nSPS) is 13.4. The Kier molecular flexibility index (Phi) is 6.34. The van der Waals surface area contributed by atoms with E-state index in [0.29, 0.717) is 6.54 Å². The molecule has 0 bridgehead atoms. The van der Waals surface area contributed by atoms with E-state index >= 15 is 0 Å². The zero-order valence-corrected chi connectivity index (χ0v) is 15.4. The number of aliphatic hydroxyl groups is 1. The van der Waals surface area contributed by atoms with Crippen LogP contribution in [-0.4, -0.2) is 34.1 Å². The Morgan fingerprint density at radius 1 is 1.33 bits per heavy atom. The molecule has 2 aromatic rings. The van der Waals surface area contributed by atoms with Gasteiger partial charge in [0.05, 0.1) is 18.7 Å². The summed E-state index contributed by atoms with van der Waals surface area (Å²) in [6, 6.07) is 7.37. The number of carbonyl (C=O) groups is 1. The maximum atomic E-state index is 12.5. The van der Waals surface area contributed by atoms with Crippen LogP contribution < -0.4 is 5.32 Å². The van der Waals surface area contributed by atoms with Gasteiger partial charge in [-0.15, -0.1) is 11.3 Å². The number of nitrogens with one attached hydrogen (secondary N) is 1. The van der Waals surface area contributed by atoms with Crippen LogP contribution in [0, 0.1) is 13.8 Å². The number of rotatable bonds is 6. The predicted molar refractivity (Wildman–Crippen MR) is 97.2 cm³/mol. The molecule has 2 atom stereocenters. The first kappa shape index (κ1) is 18.4. The van der Waals surface area contributed by atoms with Crippen molar-refractivity contribution in [3.8, 4) is 0 Å². The second-order valence-electron chi connectivity index (χ2n) is 5.95. The highest BCUT2D eigenvalue weighted by molar-refractivity contribution is 7.11. The SMILES string of the molecule is CCN(CC(O)c1ccc(C)cc1)C(=O)NC(C)c1ncc(C)s1. The van der Waals surface area contributed by atoms with E-state index in [9.17, 15) is 9.90 Å². The molecule has 0 saturated carbocycles. The number of amides is 2. The molecule has 6 heteroatoms. The number of benzene rings is 1. The summed E-state index contributed by atoms with van der Waals surface area (Å²) in [7, 11) is 0. The average molecular weight is 347 g/mol. The van der Waals surface area contributed by atoms with Crippen molar-refractivity contribution in [1.82, 2.24) is 15.2 Å². The van der Waals surface area contributed by atoms with Gasteiger partial charge in [0.2, 0.25) is 0 Å². The van der Waals surface area contributed by atoms with Crippen molar-refractivity contribution in [2.45, 2.75) is 39.8 Å². The lowest BCUT2D eigenvalue weighted by Gasteiger charge is -2.26. The van der Waals surface area contributed by atoms with Crippen molar-refractivity contribution < 1.29 is 9.90 Å². The second kappa shape index (κ2) is 8.26. The Labute approximate surface area is 147 Å². The summed E-state index contributed by atoms with van der Waals surface area (Å²) in [6.07, 6.45) is 1.11. The van der Waals surface area contributed by atoms with Crippen molar-refractivity contribution in [2.24, 2.45) is 0 Å². The molecular weight excluding hydrogens is 322 g/mol. The smallest absolute Gasteiger partial charge is 0.318 e. The van der Waals surface area contributed by atoms with E-state index in [-0.39, 0.29) is 18.6 Å². The Morgan fingerprint density at radius 3 is 2.54 bits per heavy atom. The van der Waals surface area contributed by atoms with Crippen LogP contribution in [-0.2, 0) is 0 Å². The van der Waals surface area contributed by atoms with Crippen molar-refractivity contribution in [3.63, 3.8) is 0 Å². The number of hydrogen-bond acceptors (Lipinski definition) is 4. The molecule has 2 amide bonds. The molecule has 5 nitrogen and oxygen atoms in total. The summed E-state index contributed by atoms with van der Waals surface area (Å²) in [5.74, 6) is 0. The quantitative estimate of drug-likeness (QED) is 0.839. The average Bonchev–Trinajstić information content (AvgIpc) is 2.99. The molecule has 0 spiro atoms. The third kappa shape index (κ3) is 4.79. The van der Waals surface area contributed by atoms with Crippen molar-refractivity contribution in [3.05, 3.63) is 51.5 Å². The van der Waals surface area contributed by atoms with Gasteiger partial charge in [0.25, 0.3) is 0 Å². The number of aryl methyl sites for hydroxylation is 2. The molecule has 1 aromatic heterocycles. The molecule has 0 fully saturated rings. The first-order chi connectivity index (χ1) is 11.4. The third-order valence-corrected chi connectivity index (χ3v) is 4.97. The Bertz CT molecular complexity index is 669. The molecule has 2 rings (SSSR count). The zero-order valence-electron chi connectivity index (χ0n) is 14.6. The monoisotopic (exact) mass is 347 g/mol. The number of likely N-dealkylation sites (N-methyl/N-ethyl adjacent to an activating group) is 1. The highest BCUT2D eigenvalue weighted by Crippen LogP contribution is 2.20. The zero-order chi connectivity index (χ0) is 17.7. The number of urea groups is 1. The molecule has 24 heavy (non-hydrogen) atoms. The first-order valence-electron chi connectivity index (χ1n) is 8.13. The molecular formula is C18H25N3O2S. The van der Waals surface area contributed by atoms with Crippen LogP contribution in [0.3, 0.4) is 0 Å². The lowest BCUT2D eigenvalue weighted by Crippen LogP contribution is -2.42. The molecule has 1 heterocycles. The van der Waals surface area contributed by atoms with E-state index in [1.165, 1.54) is 0 Å². The van der Waals surface area contributed by atoms with Crippen molar-refractivity contribution in [1.29, 1.82) is 0 Å². The fraction of sp³-hybridized carbons (Fsp3) is 0.444. The molecule has 130 valence electrons. The lowest BCUT2D eigenvalue weighted by molar-refractivity contribution is 0.122. The number of hydrogen-bond donors (Lipinski definition) is 2. The number of carbonyl (C=O) groups excluding carboxylic acids is 1. The van der Waals surface area contributed by atoms with Gasteiger partial charge in [-0.05, 0) is 33.3 Å². The minimum Gasteiger partial charge on any atom is -0.387 e. The van der Waals surface area contributed by atoms with Gasteiger partial charge >= 0.3 is 6.03 Å². The highest BCUT2D eigenvalue weighted by atomic mass is 32.1. The van der Waals surface area contributed by atoms with Crippen molar-refractivity contribution >= 4 is 17.4 Å². The van der Waals surface area contributed by atoms with Crippen LogP contribution in [0.4, 0.5) is 4.79 Å². The summed E-state index contributed by atoms with van der Waals surface area (Å²) in [4.78, 5) is 19.5. The number of nitrogens with zero attached hydrogens (tertiary/aromatic N) is 2. The molecule has 1 aromatic carbocycles. The highest BCUT2D eigenvalue weighted by Gasteiger charge is 2.20. The van der Waals surface area contributed by atoms with Crippen LogP contribution in [0.1, 0.15) is 47.0 Å². The van der Waals surface area contributed by atoms with Crippen LogP contribution in [0.15, 0.2) is 30.5 Å². The van der Waals surface area contributed by atoms with Gasteiger partial charge in [0, 0.05) is 17.6 Å². The summed E-state index contributed by atoms with van der Waals surface area (Å²) < 4.78 is 0. The summed E-state index contributed by atoms with van der Waals surface area (Å²) >= 11 is 1.58. The summed E-state index contributed by atoms with van der Waals surface area (Å²) in [6.45, 7) is 8.60. The van der Waals surface area contributed by atoms with Gasteiger partial charge in [0.15, 0.2) is 0 Å². The Balaban J connectivity index is 1.96. The van der Waals surface area contributed by atoms with Crippen LogP contribution >= 0.6 is 11.3 Å². The molecule has 2 unspecified atom stereocenters. The van der Waals surface area contributed by atoms with E-state index in [4.69, 9.17) is 0 Å². The standard InChI is InChI=1S/C18H25N3O2S/c1-5-21(11-16(22)15-8-6-12(2)7-9-15)18(23)20-14(4)17-19-10-13(3)24-17/h6-10,14,16,22H,5,11H2,1-4H3,(H,20,23). The predicted octanol–water partition coefficient (Wildman–Crippen LogP) is 3.59. The Morgan fingerprint density at radius 2 is 2.00 bits per heavy atom. The van der Waals surface area contributed by atoms with Crippen LogP contribution in [0.5, 0.6) is 0 Å². The maximum Gasteiger partial charge on any atom is 0.318 e. The molecule has 0 aliphatic heterocycles. The molecule has 0 aliphatic carbocycles. The van der Waals surface area contributed by atoms with Gasteiger partial charge in [0.1, 0.15) is 5.01 Å². The van der Waals surface area contributed by atoms with E-state index in [1.54, 1.807) is 22.4 Å².